The Kier molecular flexibility index (Phi) is 7.79. The minimum Gasteiger partial charge on any atom is -0.480 e. The number of ether oxygens (including phenoxy) is 1. The first-order valence-electron chi connectivity index (χ1n) is 8.13. The molecule has 0 aliphatic carbocycles. The molecule has 2 N–H and O–H groups in total. The van der Waals surface area contributed by atoms with Crippen LogP contribution in [0.25, 0.3) is 6.08 Å². The van der Waals surface area contributed by atoms with Crippen molar-refractivity contribution in [2.45, 2.75) is 13.0 Å². The molecule has 0 spiro atoms. The first kappa shape index (κ1) is 21.7. The highest BCUT2D eigenvalue weighted by atomic mass is 79.9. The van der Waals surface area contributed by atoms with Crippen molar-refractivity contribution in [3.8, 4) is 11.8 Å². The largest absolute Gasteiger partial charge is 0.480 e. The van der Waals surface area contributed by atoms with Crippen LogP contribution in [-0.4, -0.2) is 23.6 Å². The van der Waals surface area contributed by atoms with Gasteiger partial charge in [0.25, 0.3) is 5.91 Å². The highest BCUT2D eigenvalue weighted by Crippen LogP contribution is 2.35. The van der Waals surface area contributed by atoms with Gasteiger partial charge in [-0.25, -0.2) is 4.79 Å². The van der Waals surface area contributed by atoms with Crippen LogP contribution in [-0.2, 0) is 9.59 Å². The molecule has 0 unspecified atom stereocenters. The summed E-state index contributed by atoms with van der Waals surface area (Å²) in [6.07, 6.45) is 1.45. The van der Waals surface area contributed by atoms with E-state index in [1.165, 1.54) is 6.08 Å². The molecule has 0 heterocycles. The molecule has 1 amide bonds. The van der Waals surface area contributed by atoms with E-state index in [2.05, 4.69) is 37.2 Å². The molecular weight excluding hydrogens is 492 g/mol. The molecule has 144 valence electrons. The maximum Gasteiger partial charge on any atom is 0.341 e. The number of benzene rings is 2. The number of aliphatic carboxylic acids is 1. The number of carboxylic acid groups (broad SMARTS) is 1. The number of nitrogens with one attached hydrogen (secondary N) is 1. The minimum absolute atomic E-state index is 0.0548. The van der Waals surface area contributed by atoms with Gasteiger partial charge in [-0.2, -0.15) is 5.26 Å². The third-order valence-electron chi connectivity index (χ3n) is 3.68. The number of nitrogens with zero attached hydrogens (tertiary/aromatic N) is 1. The lowest BCUT2D eigenvalue weighted by molar-refractivity contribution is -0.139. The molecule has 0 aliphatic heterocycles. The Labute approximate surface area is 179 Å². The lowest BCUT2D eigenvalue weighted by Gasteiger charge is -2.14. The molecule has 0 bridgehead atoms. The molecule has 2 aromatic rings. The van der Waals surface area contributed by atoms with Gasteiger partial charge in [0.1, 0.15) is 17.4 Å². The molecule has 0 radical (unpaired) electrons. The average molecular weight is 508 g/mol. The lowest BCUT2D eigenvalue weighted by Crippen LogP contribution is -2.27. The number of nitriles is 1. The van der Waals surface area contributed by atoms with Crippen LogP contribution < -0.4 is 10.1 Å². The van der Waals surface area contributed by atoms with Gasteiger partial charge in [-0.3, -0.25) is 4.79 Å². The summed E-state index contributed by atoms with van der Waals surface area (Å²) in [6.45, 7) is 1.35. The second-order valence-electron chi connectivity index (χ2n) is 5.77. The molecule has 0 aromatic heterocycles. The van der Waals surface area contributed by atoms with Crippen molar-refractivity contribution in [3.63, 3.8) is 0 Å². The summed E-state index contributed by atoms with van der Waals surface area (Å²) < 4.78 is 6.19. The monoisotopic (exact) mass is 506 g/mol. The Bertz CT molecular complexity index is 929. The minimum atomic E-state index is -1.10. The summed E-state index contributed by atoms with van der Waals surface area (Å²) in [4.78, 5) is 23.1. The molecule has 0 aliphatic rings. The predicted molar refractivity (Wildman–Crippen MR) is 112 cm³/mol. The fourth-order valence-corrected chi connectivity index (χ4v) is 3.80. The third-order valence-corrected chi connectivity index (χ3v) is 4.86. The molecule has 0 saturated carbocycles. The van der Waals surface area contributed by atoms with Crippen LogP contribution in [0.1, 0.15) is 24.1 Å². The fourth-order valence-electron chi connectivity index (χ4n) is 2.35. The van der Waals surface area contributed by atoms with Crippen molar-refractivity contribution in [2.75, 3.05) is 6.61 Å². The molecule has 1 atom stereocenters. The topological polar surface area (TPSA) is 99.4 Å². The van der Waals surface area contributed by atoms with Gasteiger partial charge in [0, 0.05) is 0 Å². The predicted octanol–water partition coefficient (Wildman–Crippen LogP) is 4.46. The summed E-state index contributed by atoms with van der Waals surface area (Å²) >= 11 is 6.61. The van der Waals surface area contributed by atoms with Crippen LogP contribution in [0.15, 0.2) is 57.0 Å². The Morgan fingerprint density at radius 1 is 1.25 bits per heavy atom. The van der Waals surface area contributed by atoms with Crippen molar-refractivity contribution in [3.05, 3.63) is 68.1 Å². The smallest absolute Gasteiger partial charge is 0.341 e. The zero-order valence-electron chi connectivity index (χ0n) is 14.8. The Morgan fingerprint density at radius 3 is 2.39 bits per heavy atom. The van der Waals surface area contributed by atoms with E-state index < -0.39 is 18.5 Å². The van der Waals surface area contributed by atoms with Crippen LogP contribution in [0.5, 0.6) is 5.75 Å². The standard InChI is InChI=1S/C20H16Br2N2O4/c1-12(14-5-3-2-4-6-14)24-20(27)15(10-23)7-13-8-16(21)19(17(22)9-13)28-11-18(25)26/h2-9,12H,11H2,1H3,(H,24,27)(H,25,26)/b15-7-/t12-/m0/s1. The van der Waals surface area contributed by atoms with Gasteiger partial charge in [-0.1, -0.05) is 30.3 Å². The van der Waals surface area contributed by atoms with Gasteiger partial charge in [0.15, 0.2) is 6.61 Å². The van der Waals surface area contributed by atoms with Gasteiger partial charge in [0.05, 0.1) is 15.0 Å². The molecule has 8 heteroatoms. The van der Waals surface area contributed by atoms with Crippen molar-refractivity contribution in [1.29, 1.82) is 5.26 Å². The van der Waals surface area contributed by atoms with E-state index in [4.69, 9.17) is 9.84 Å². The zero-order valence-corrected chi connectivity index (χ0v) is 18.0. The average Bonchev–Trinajstić information content (AvgIpc) is 2.65. The van der Waals surface area contributed by atoms with Gasteiger partial charge < -0.3 is 15.2 Å². The van der Waals surface area contributed by atoms with Gasteiger partial charge in [0.2, 0.25) is 0 Å². The summed E-state index contributed by atoms with van der Waals surface area (Å²) in [6, 6.07) is 14.3. The van der Waals surface area contributed by atoms with E-state index in [1.54, 1.807) is 12.1 Å². The van der Waals surface area contributed by atoms with E-state index in [0.717, 1.165) is 5.56 Å². The highest BCUT2D eigenvalue weighted by molar-refractivity contribution is 9.11. The van der Waals surface area contributed by atoms with Crippen LogP contribution in [0.4, 0.5) is 0 Å². The molecular formula is C20H16Br2N2O4. The van der Waals surface area contributed by atoms with E-state index in [9.17, 15) is 14.9 Å². The highest BCUT2D eigenvalue weighted by Gasteiger charge is 2.15. The second-order valence-corrected chi connectivity index (χ2v) is 7.48. The summed E-state index contributed by atoms with van der Waals surface area (Å²) in [5, 5.41) is 20.9. The molecule has 28 heavy (non-hydrogen) atoms. The number of amides is 1. The summed E-state index contributed by atoms with van der Waals surface area (Å²) in [5.41, 5.74) is 1.44. The molecule has 0 saturated heterocycles. The quantitative estimate of drug-likeness (QED) is 0.425. The van der Waals surface area contributed by atoms with Crippen molar-refractivity contribution in [2.24, 2.45) is 0 Å². The van der Waals surface area contributed by atoms with E-state index in [-0.39, 0.29) is 11.6 Å². The van der Waals surface area contributed by atoms with Crippen molar-refractivity contribution in [1.82, 2.24) is 5.32 Å². The maximum atomic E-state index is 12.5. The summed E-state index contributed by atoms with van der Waals surface area (Å²) in [5.74, 6) is -1.27. The fraction of sp³-hybridized carbons (Fsp3) is 0.150. The SMILES string of the molecule is C[C@H](NC(=O)/C(C#N)=C\c1cc(Br)c(OCC(=O)O)c(Br)c1)c1ccccc1. The van der Waals surface area contributed by atoms with E-state index in [1.807, 2.05) is 43.3 Å². The van der Waals surface area contributed by atoms with Crippen LogP contribution >= 0.6 is 31.9 Å². The zero-order chi connectivity index (χ0) is 20.7. The Morgan fingerprint density at radius 2 is 1.86 bits per heavy atom. The molecule has 6 nitrogen and oxygen atoms in total. The van der Waals surface area contributed by atoms with E-state index in [0.29, 0.717) is 20.3 Å². The molecule has 2 rings (SSSR count). The van der Waals surface area contributed by atoms with Crippen molar-refractivity contribution < 1.29 is 19.4 Å². The molecule has 0 fully saturated rings. The number of hydrogen-bond acceptors (Lipinski definition) is 4. The first-order chi connectivity index (χ1) is 13.3. The number of carboxylic acids is 1. The van der Waals surface area contributed by atoms with E-state index >= 15 is 0 Å². The second kappa shape index (κ2) is 10.1. The van der Waals surface area contributed by atoms with Gasteiger partial charge in [-0.15, -0.1) is 0 Å². The van der Waals surface area contributed by atoms with Gasteiger partial charge >= 0.3 is 5.97 Å². The number of halogens is 2. The van der Waals surface area contributed by atoms with Crippen LogP contribution in [0.2, 0.25) is 0 Å². The first-order valence-corrected chi connectivity index (χ1v) is 9.71. The normalized spacial score (nSPS) is 12.0. The number of hydrogen-bond donors (Lipinski definition) is 2. The number of carbonyl (C=O) groups is 2. The van der Waals surface area contributed by atoms with Gasteiger partial charge in [-0.05, 0) is 68.1 Å². The maximum absolute atomic E-state index is 12.5. The summed E-state index contributed by atoms with van der Waals surface area (Å²) in [7, 11) is 0. The third kappa shape index (κ3) is 5.94. The van der Waals surface area contributed by atoms with Crippen LogP contribution in [0, 0.1) is 11.3 Å². The lowest BCUT2D eigenvalue weighted by atomic mass is 10.1. The molecule has 2 aromatic carbocycles. The number of carbonyl (C=O) groups excluding carboxylic acids is 1. The Balaban J connectivity index is 2.20. The Hall–Kier alpha value is -2.63. The van der Waals surface area contributed by atoms with Crippen LogP contribution in [0.3, 0.4) is 0 Å². The number of rotatable bonds is 7. The van der Waals surface area contributed by atoms with Crippen molar-refractivity contribution >= 4 is 49.8 Å².